The van der Waals surface area contributed by atoms with Gasteiger partial charge in [-0.05, 0) is 145 Å². The summed E-state index contributed by atoms with van der Waals surface area (Å²) in [7, 11) is 0. The summed E-state index contributed by atoms with van der Waals surface area (Å²) in [5, 5.41) is 48.9. The van der Waals surface area contributed by atoms with Gasteiger partial charge in [-0.2, -0.15) is 0 Å². The van der Waals surface area contributed by atoms with E-state index in [2.05, 4.69) is 21.3 Å². The summed E-state index contributed by atoms with van der Waals surface area (Å²) in [6.07, 6.45) is 6.87. The topological polar surface area (TPSA) is 204 Å². The largest absolute Gasteiger partial charge is 0.478 e. The maximum atomic E-state index is 14.6. The highest BCUT2D eigenvalue weighted by Crippen LogP contribution is 2.36. The van der Waals surface area contributed by atoms with E-state index in [4.69, 9.17) is 10.2 Å². The Morgan fingerprint density at radius 3 is 1.25 bits per heavy atom. The van der Waals surface area contributed by atoms with E-state index in [0.717, 1.165) is 63.7 Å². The Kier molecular flexibility index (Phi) is 17.4. The molecule has 4 aliphatic rings. The van der Waals surface area contributed by atoms with Crippen molar-refractivity contribution in [2.75, 3.05) is 49.9 Å². The van der Waals surface area contributed by atoms with Crippen molar-refractivity contribution < 1.29 is 65.9 Å². The number of halogens is 8. The van der Waals surface area contributed by atoms with E-state index in [-0.39, 0.29) is 60.8 Å². The number of carbonyl (C=O) groups is 4. The second kappa shape index (κ2) is 22.6. The van der Waals surface area contributed by atoms with Gasteiger partial charge in [-0.15, -0.1) is 0 Å². The Labute approximate surface area is 413 Å². The number of likely N-dealkylation sites (tertiary alicyclic amines) is 2. The summed E-state index contributed by atoms with van der Waals surface area (Å²) < 4.78 is 86.6. The van der Waals surface area contributed by atoms with Gasteiger partial charge in [0.15, 0.2) is 23.3 Å². The molecule has 4 aromatic rings. The van der Waals surface area contributed by atoms with Crippen LogP contribution < -0.4 is 21.3 Å². The van der Waals surface area contributed by atoms with Gasteiger partial charge in [0.25, 0.3) is 11.8 Å². The second-order valence-corrected chi connectivity index (χ2v) is 19.1. The first-order chi connectivity index (χ1) is 32.2. The molecule has 2 atom stereocenters. The fourth-order valence-electron chi connectivity index (χ4n) is 8.21. The Hall–Kier alpha value is -5.02. The fourth-order valence-corrected chi connectivity index (χ4v) is 9.12. The number of nitrogens with zero attached hydrogens (tertiary/aromatic N) is 2. The number of hydrogen-bond acceptors (Lipinski definition) is 10. The lowest BCUT2D eigenvalue weighted by molar-refractivity contribution is -0.134. The first kappa shape index (κ1) is 52.4. The van der Waals surface area contributed by atoms with Crippen LogP contribution in [-0.2, 0) is 9.59 Å². The Morgan fingerprint density at radius 2 is 0.941 bits per heavy atom. The predicted octanol–water partition coefficient (Wildman–Crippen LogP) is 7.27. The van der Waals surface area contributed by atoms with E-state index in [0.29, 0.717) is 19.3 Å². The molecule has 4 fully saturated rings. The number of piperidine rings is 2. The van der Waals surface area contributed by atoms with Crippen molar-refractivity contribution in [1.29, 1.82) is 0 Å². The van der Waals surface area contributed by atoms with Crippen LogP contribution in [0.1, 0.15) is 59.2 Å². The molecule has 4 heterocycles. The molecule has 0 bridgehead atoms. The van der Waals surface area contributed by atoms with Crippen molar-refractivity contribution in [1.82, 2.24) is 20.4 Å². The molecule has 22 heteroatoms. The molecule has 0 aromatic heterocycles. The molecule has 0 saturated carbocycles. The van der Waals surface area contributed by atoms with E-state index >= 15 is 0 Å². The first-order valence-corrected chi connectivity index (χ1v) is 23.4. The average molecular weight is 1180 g/mol. The van der Waals surface area contributed by atoms with Crippen molar-refractivity contribution >= 4 is 91.7 Å². The molecule has 364 valence electrons. The normalized spacial score (nSPS) is 19.3. The summed E-state index contributed by atoms with van der Waals surface area (Å²) >= 11 is 3.87. The molecular weight excluding hydrogens is 1130 g/mol. The number of hydrogen-bond donors (Lipinski definition) is 8. The van der Waals surface area contributed by atoms with Gasteiger partial charge in [-0.3, -0.25) is 9.59 Å². The van der Waals surface area contributed by atoms with Crippen molar-refractivity contribution in [2.45, 2.75) is 61.8 Å². The van der Waals surface area contributed by atoms with Crippen LogP contribution in [0.4, 0.5) is 49.1 Å². The van der Waals surface area contributed by atoms with E-state index in [1.54, 1.807) is 12.1 Å². The minimum Gasteiger partial charge on any atom is -0.478 e. The lowest BCUT2D eigenvalue weighted by atomic mass is 9.81. The van der Waals surface area contributed by atoms with E-state index in [1.807, 2.05) is 45.2 Å². The maximum Gasteiger partial charge on any atom is 0.328 e. The van der Waals surface area contributed by atoms with Gasteiger partial charge in [0.2, 0.25) is 0 Å². The lowest BCUT2D eigenvalue weighted by Crippen LogP contribution is -2.72. The third kappa shape index (κ3) is 12.6. The number of benzene rings is 4. The van der Waals surface area contributed by atoms with Crippen LogP contribution in [0, 0.1) is 42.0 Å². The molecule has 4 saturated heterocycles. The molecule has 0 radical (unpaired) electrons. The molecule has 4 aliphatic heterocycles. The van der Waals surface area contributed by atoms with Crippen LogP contribution in [0.25, 0.3) is 0 Å². The van der Waals surface area contributed by atoms with Crippen molar-refractivity contribution in [3.05, 3.63) is 126 Å². The first-order valence-electron chi connectivity index (χ1n) is 21.2. The third-order valence-corrected chi connectivity index (χ3v) is 13.1. The zero-order valence-corrected chi connectivity index (χ0v) is 40.2. The van der Waals surface area contributed by atoms with Gasteiger partial charge in [0.05, 0.1) is 60.1 Å². The molecule has 2 amide bonds. The van der Waals surface area contributed by atoms with Crippen LogP contribution in [0.15, 0.2) is 72.8 Å². The highest BCUT2D eigenvalue weighted by atomic mass is 127. The highest BCUT2D eigenvalue weighted by Gasteiger charge is 2.51. The predicted molar refractivity (Wildman–Crippen MR) is 255 cm³/mol. The number of carbonyl (C=O) groups excluding carboxylic acids is 2. The summed E-state index contributed by atoms with van der Waals surface area (Å²) in [6, 6.07) is 12.4. The van der Waals surface area contributed by atoms with Gasteiger partial charge < -0.3 is 51.5 Å². The summed E-state index contributed by atoms with van der Waals surface area (Å²) in [5.74, 6) is -9.73. The van der Waals surface area contributed by atoms with E-state index < -0.39 is 81.2 Å². The van der Waals surface area contributed by atoms with Crippen molar-refractivity contribution in [2.24, 2.45) is 0 Å². The third-order valence-electron chi connectivity index (χ3n) is 11.8. The van der Waals surface area contributed by atoms with Gasteiger partial charge >= 0.3 is 11.9 Å². The van der Waals surface area contributed by atoms with Crippen LogP contribution >= 0.6 is 45.2 Å². The van der Waals surface area contributed by atoms with Crippen molar-refractivity contribution in [3.8, 4) is 0 Å². The summed E-state index contributed by atoms with van der Waals surface area (Å²) in [6.45, 7) is 2.03. The molecule has 8 N–H and O–H groups in total. The molecular formula is C46H46F6I2N6O8. The standard InChI is InChI=1S/2C21H21F3IN3O2.C4H4O4/c2*22-14-6-5-13(19(18(14)24)27-16-7-4-12(25)9-15(16)23)20(29)28-10-21(30,11-28)17-3-1-2-8-26-17;5-3(6)1-2-4(7)8/h2*4-7,9,17,26-27,30H,1-3,8,10-11H2;1-2H,(H,5,6)(H,7,8)/b;;2-1+/t2*17-;/m10./s1. The number of rotatable bonds is 10. The van der Waals surface area contributed by atoms with Crippen molar-refractivity contribution in [3.63, 3.8) is 0 Å². The van der Waals surface area contributed by atoms with E-state index in [9.17, 15) is 55.7 Å². The number of nitrogens with one attached hydrogen (secondary N) is 4. The Bertz CT molecular complexity index is 2400. The quantitative estimate of drug-likeness (QED) is 0.0449. The number of β-amino-alcohol motifs (C(OH)–C–C–N with tert-alkyl or cyclic N) is 2. The van der Waals surface area contributed by atoms with Crippen LogP contribution in [0.2, 0.25) is 0 Å². The monoisotopic (exact) mass is 1180 g/mol. The molecule has 14 nitrogen and oxygen atoms in total. The number of aliphatic hydroxyl groups is 2. The molecule has 4 aromatic carbocycles. The highest BCUT2D eigenvalue weighted by molar-refractivity contribution is 14.1. The second-order valence-electron chi connectivity index (χ2n) is 16.6. The van der Waals surface area contributed by atoms with Gasteiger partial charge in [-0.25, -0.2) is 35.9 Å². The SMILES string of the molecule is O=C(O)/C=C/C(=O)O.O=C(c1ccc(F)c(F)c1Nc1ccc(I)cc1F)N1CC(O)([C@@H]2CCCCN2)C1.O=C(c1ccc(F)c(F)c1Nc1ccc(I)cc1F)N1CC(O)([C@H]2CCCCN2)C1. The number of anilines is 4. The number of aliphatic carboxylic acids is 2. The van der Waals surface area contributed by atoms with E-state index in [1.165, 1.54) is 46.2 Å². The van der Waals surface area contributed by atoms with Crippen LogP contribution in [-0.4, -0.2) is 117 Å². The molecule has 8 rings (SSSR count). The Balaban J connectivity index is 0.000000193. The van der Waals surface area contributed by atoms with Crippen LogP contribution in [0.5, 0.6) is 0 Å². The lowest BCUT2D eigenvalue weighted by Gasteiger charge is -2.51. The number of carboxylic acid groups (broad SMARTS) is 2. The zero-order valence-electron chi connectivity index (χ0n) is 35.9. The minimum absolute atomic E-state index is 0.0690. The van der Waals surface area contributed by atoms with Gasteiger partial charge in [-0.1, -0.05) is 12.8 Å². The number of amides is 2. The minimum atomic E-state index is -1.26. The molecule has 0 aliphatic carbocycles. The van der Waals surface area contributed by atoms with Gasteiger partial charge in [0, 0.05) is 31.4 Å². The average Bonchev–Trinajstić information content (AvgIpc) is 3.29. The molecule has 0 spiro atoms. The smallest absolute Gasteiger partial charge is 0.328 e. The summed E-state index contributed by atoms with van der Waals surface area (Å²) in [4.78, 5) is 47.8. The maximum absolute atomic E-state index is 14.6. The number of carboxylic acids is 2. The van der Waals surface area contributed by atoms with Gasteiger partial charge in [0.1, 0.15) is 22.8 Å². The Morgan fingerprint density at radius 1 is 0.574 bits per heavy atom. The van der Waals surface area contributed by atoms with Crippen LogP contribution in [0.3, 0.4) is 0 Å². The zero-order chi connectivity index (χ0) is 49.5. The summed E-state index contributed by atoms with van der Waals surface area (Å²) in [5.41, 5.74) is -3.30. The molecule has 68 heavy (non-hydrogen) atoms. The molecule has 0 unspecified atom stereocenters. The fraction of sp³-hybridized carbons (Fsp3) is 0.348.